The van der Waals surface area contributed by atoms with Crippen LogP contribution in [0.5, 0.6) is 5.75 Å². The topological polar surface area (TPSA) is 101 Å². The summed E-state index contributed by atoms with van der Waals surface area (Å²) in [7, 11) is -3.17. The summed E-state index contributed by atoms with van der Waals surface area (Å²) in [6, 6.07) is 6.92. The van der Waals surface area contributed by atoms with Crippen LogP contribution in [0.15, 0.2) is 28.7 Å². The maximum Gasteiger partial charge on any atom is 0.315 e. The number of urea groups is 1. The Hall–Kier alpha value is -2.26. The van der Waals surface area contributed by atoms with Gasteiger partial charge in [0.25, 0.3) is 0 Å². The van der Waals surface area contributed by atoms with Gasteiger partial charge in [-0.2, -0.15) is 0 Å². The Morgan fingerprint density at radius 3 is 2.71 bits per heavy atom. The molecule has 1 fully saturated rings. The fraction of sp³-hybridized carbons (Fsp3) is 0.526. The number of hydrogen-bond donors (Lipinski definition) is 2. The molecule has 1 saturated heterocycles. The van der Waals surface area contributed by atoms with Gasteiger partial charge in [0.15, 0.2) is 11.3 Å². The molecule has 0 spiro atoms. The lowest BCUT2D eigenvalue weighted by molar-refractivity contribution is 0.223. The Bertz CT molecular complexity index is 932. The summed E-state index contributed by atoms with van der Waals surface area (Å²) in [5.41, 5.74) is 0.668. The lowest BCUT2D eigenvalue weighted by Gasteiger charge is -2.30. The van der Waals surface area contributed by atoms with Gasteiger partial charge in [-0.3, -0.25) is 0 Å². The molecule has 1 atom stereocenters. The Morgan fingerprint density at radius 2 is 2.07 bits per heavy atom. The molecule has 3 rings (SSSR count). The van der Waals surface area contributed by atoms with Gasteiger partial charge >= 0.3 is 6.03 Å². The van der Waals surface area contributed by atoms with Crippen LogP contribution in [0.25, 0.3) is 11.0 Å². The van der Waals surface area contributed by atoms with Crippen LogP contribution >= 0.6 is 0 Å². The molecule has 0 bridgehead atoms. The number of nitrogens with one attached hydrogen (secondary N) is 2. The summed E-state index contributed by atoms with van der Waals surface area (Å²) in [5, 5.41) is 6.72. The van der Waals surface area contributed by atoms with Crippen molar-refractivity contribution < 1.29 is 22.4 Å². The van der Waals surface area contributed by atoms with Crippen molar-refractivity contribution in [3.63, 3.8) is 0 Å². The Kier molecular flexibility index (Phi) is 6.14. The minimum Gasteiger partial charge on any atom is -0.490 e. The van der Waals surface area contributed by atoms with Crippen LogP contribution in [0.2, 0.25) is 0 Å². The van der Waals surface area contributed by atoms with Gasteiger partial charge in [-0.05, 0) is 38.8 Å². The molecule has 154 valence electrons. The quantitative estimate of drug-likeness (QED) is 0.764. The van der Waals surface area contributed by atoms with E-state index in [1.165, 1.54) is 10.6 Å². The fourth-order valence-corrected chi connectivity index (χ4v) is 4.24. The third-order valence-corrected chi connectivity index (χ3v) is 6.16. The van der Waals surface area contributed by atoms with E-state index in [1.54, 1.807) is 0 Å². The summed E-state index contributed by atoms with van der Waals surface area (Å²) in [5.74, 6) is 1.32. The number of carbonyl (C=O) groups is 1. The van der Waals surface area contributed by atoms with Crippen LogP contribution in [0.4, 0.5) is 4.79 Å². The number of furan rings is 1. The van der Waals surface area contributed by atoms with Gasteiger partial charge in [0.2, 0.25) is 10.0 Å². The normalized spacial score (nSPS) is 17.4. The SMILES string of the molecule is CCOc1cccc2cc(C(C)NC(=O)NC3CCN(S(C)(=O)=O)CC3)oc12. The van der Waals surface area contributed by atoms with Gasteiger partial charge in [-0.1, -0.05) is 12.1 Å². The number of para-hydroxylation sites is 1. The highest BCUT2D eigenvalue weighted by Gasteiger charge is 2.26. The van der Waals surface area contributed by atoms with Crippen molar-refractivity contribution in [1.29, 1.82) is 0 Å². The van der Waals surface area contributed by atoms with Crippen molar-refractivity contribution in [2.24, 2.45) is 0 Å². The van der Waals surface area contributed by atoms with Gasteiger partial charge in [0, 0.05) is 24.5 Å². The molecule has 1 aromatic heterocycles. The lowest BCUT2D eigenvalue weighted by Crippen LogP contribution is -2.49. The van der Waals surface area contributed by atoms with Gasteiger partial charge in [0.05, 0.1) is 18.9 Å². The van der Waals surface area contributed by atoms with Crippen LogP contribution in [-0.4, -0.2) is 50.7 Å². The van der Waals surface area contributed by atoms with E-state index in [0.717, 1.165) is 5.39 Å². The lowest BCUT2D eigenvalue weighted by atomic mass is 10.1. The minimum atomic E-state index is -3.17. The molecule has 1 unspecified atom stereocenters. The highest BCUT2D eigenvalue weighted by molar-refractivity contribution is 7.88. The molecular formula is C19H27N3O5S. The van der Waals surface area contributed by atoms with Crippen molar-refractivity contribution in [2.75, 3.05) is 26.0 Å². The molecule has 1 aromatic carbocycles. The molecule has 2 heterocycles. The molecule has 2 aromatic rings. The zero-order chi connectivity index (χ0) is 20.3. The number of rotatable bonds is 6. The van der Waals surface area contributed by atoms with E-state index in [-0.39, 0.29) is 18.1 Å². The van der Waals surface area contributed by atoms with E-state index in [2.05, 4.69) is 10.6 Å². The number of carbonyl (C=O) groups excluding carboxylic acids is 1. The van der Waals surface area contributed by atoms with Crippen LogP contribution in [-0.2, 0) is 10.0 Å². The maximum atomic E-state index is 12.3. The number of amides is 2. The Morgan fingerprint density at radius 1 is 1.36 bits per heavy atom. The first-order chi connectivity index (χ1) is 13.3. The number of piperidine rings is 1. The average Bonchev–Trinajstić information content (AvgIpc) is 3.07. The number of sulfonamides is 1. The van der Waals surface area contributed by atoms with Crippen LogP contribution in [0, 0.1) is 0 Å². The predicted octanol–water partition coefficient (Wildman–Crippen LogP) is 2.62. The third kappa shape index (κ3) is 4.77. The molecule has 0 aliphatic carbocycles. The standard InChI is InChI=1S/C19H27N3O5S/c1-4-26-16-7-5-6-14-12-17(27-18(14)16)13(2)20-19(23)21-15-8-10-22(11-9-15)28(3,24)25/h5-7,12-13,15H,4,8-11H2,1-3H3,(H2,20,21,23). The number of benzene rings is 1. The van der Waals surface area contributed by atoms with E-state index in [9.17, 15) is 13.2 Å². The van der Waals surface area contributed by atoms with Crippen LogP contribution in [0.3, 0.4) is 0 Å². The molecule has 28 heavy (non-hydrogen) atoms. The Balaban J connectivity index is 1.57. The largest absolute Gasteiger partial charge is 0.490 e. The van der Waals surface area contributed by atoms with Crippen molar-refractivity contribution in [3.8, 4) is 5.75 Å². The first-order valence-electron chi connectivity index (χ1n) is 9.45. The zero-order valence-corrected chi connectivity index (χ0v) is 17.2. The molecule has 1 aliphatic rings. The molecule has 9 heteroatoms. The molecular weight excluding hydrogens is 382 g/mol. The third-order valence-electron chi connectivity index (χ3n) is 4.86. The van der Waals surface area contributed by atoms with Gasteiger partial charge in [-0.25, -0.2) is 17.5 Å². The summed E-state index contributed by atoms with van der Waals surface area (Å²) in [4.78, 5) is 12.3. The first kappa shape index (κ1) is 20.5. The summed E-state index contributed by atoms with van der Waals surface area (Å²) < 4.78 is 36.1. The maximum absolute atomic E-state index is 12.3. The molecule has 2 N–H and O–H groups in total. The van der Waals surface area contributed by atoms with Crippen molar-refractivity contribution in [1.82, 2.24) is 14.9 Å². The highest BCUT2D eigenvalue weighted by atomic mass is 32.2. The monoisotopic (exact) mass is 409 g/mol. The molecule has 1 aliphatic heterocycles. The molecule has 0 radical (unpaired) electrons. The van der Waals surface area contributed by atoms with Crippen molar-refractivity contribution >= 4 is 27.0 Å². The van der Waals surface area contributed by atoms with Gasteiger partial charge < -0.3 is 19.8 Å². The highest BCUT2D eigenvalue weighted by Crippen LogP contribution is 2.31. The fourth-order valence-electron chi connectivity index (χ4n) is 3.37. The first-order valence-corrected chi connectivity index (χ1v) is 11.3. The second-order valence-corrected chi connectivity index (χ2v) is 9.01. The van der Waals surface area contributed by atoms with Crippen molar-refractivity contribution in [2.45, 2.75) is 38.8 Å². The second-order valence-electron chi connectivity index (χ2n) is 7.03. The number of ether oxygens (including phenoxy) is 1. The van der Waals surface area contributed by atoms with E-state index in [1.807, 2.05) is 38.1 Å². The molecule has 8 nitrogen and oxygen atoms in total. The minimum absolute atomic E-state index is 0.0505. The zero-order valence-electron chi connectivity index (χ0n) is 16.4. The van der Waals surface area contributed by atoms with Gasteiger partial charge in [-0.15, -0.1) is 0 Å². The van der Waals surface area contributed by atoms with Crippen LogP contribution in [0.1, 0.15) is 38.5 Å². The number of hydrogen-bond acceptors (Lipinski definition) is 5. The average molecular weight is 410 g/mol. The summed E-state index contributed by atoms with van der Waals surface area (Å²) >= 11 is 0. The van der Waals surface area contributed by atoms with E-state index in [0.29, 0.717) is 49.6 Å². The van der Waals surface area contributed by atoms with E-state index in [4.69, 9.17) is 9.15 Å². The molecule has 0 saturated carbocycles. The van der Waals surface area contributed by atoms with Crippen LogP contribution < -0.4 is 15.4 Å². The smallest absolute Gasteiger partial charge is 0.315 e. The predicted molar refractivity (Wildman–Crippen MR) is 107 cm³/mol. The molecule has 2 amide bonds. The summed E-state index contributed by atoms with van der Waals surface area (Å²) in [6.07, 6.45) is 2.40. The summed E-state index contributed by atoms with van der Waals surface area (Å²) in [6.45, 7) is 5.15. The van der Waals surface area contributed by atoms with E-state index < -0.39 is 10.0 Å². The van der Waals surface area contributed by atoms with Gasteiger partial charge in [0.1, 0.15) is 5.76 Å². The van der Waals surface area contributed by atoms with E-state index >= 15 is 0 Å². The second kappa shape index (κ2) is 8.40. The van der Waals surface area contributed by atoms with Crippen molar-refractivity contribution in [3.05, 3.63) is 30.0 Å². The number of nitrogens with zero attached hydrogens (tertiary/aromatic N) is 1. The Labute approximate surface area is 165 Å². The number of fused-ring (bicyclic) bond motifs is 1.